The standard InChI is InChI=1S/C16H23NO3/c1-9-4-3-5-10(2)17(9)15(18)13-11-6-7-12(8-11)14(13)16(19)20/h6-7,9-14H,3-5,8H2,1-2H3,(H,19,20)/t9-,10+,11?,12?,13-,14+/m0/s1. The molecule has 1 saturated heterocycles. The molecule has 0 aromatic heterocycles. The van der Waals surface area contributed by atoms with Gasteiger partial charge < -0.3 is 10.0 Å². The van der Waals surface area contributed by atoms with Crippen LogP contribution in [0.3, 0.4) is 0 Å². The molecule has 1 N–H and O–H groups in total. The Morgan fingerprint density at radius 2 is 1.60 bits per heavy atom. The molecule has 2 aliphatic carbocycles. The van der Waals surface area contributed by atoms with E-state index in [4.69, 9.17) is 0 Å². The lowest BCUT2D eigenvalue weighted by Gasteiger charge is -2.42. The van der Waals surface area contributed by atoms with E-state index >= 15 is 0 Å². The van der Waals surface area contributed by atoms with Gasteiger partial charge in [0.25, 0.3) is 0 Å². The fourth-order valence-corrected chi connectivity index (χ4v) is 4.52. The molecule has 0 aromatic rings. The summed E-state index contributed by atoms with van der Waals surface area (Å²) in [4.78, 5) is 26.5. The minimum absolute atomic E-state index is 0.0573. The summed E-state index contributed by atoms with van der Waals surface area (Å²) in [5.74, 6) is -1.40. The molecule has 2 unspecified atom stereocenters. The predicted octanol–water partition coefficient (Wildman–Crippen LogP) is 2.30. The van der Waals surface area contributed by atoms with Gasteiger partial charge in [-0.1, -0.05) is 12.2 Å². The van der Waals surface area contributed by atoms with Crippen molar-refractivity contribution in [3.05, 3.63) is 12.2 Å². The van der Waals surface area contributed by atoms with Crippen molar-refractivity contribution in [3.8, 4) is 0 Å². The maximum atomic E-state index is 13.0. The summed E-state index contributed by atoms with van der Waals surface area (Å²) >= 11 is 0. The first-order chi connectivity index (χ1) is 9.50. The fourth-order valence-electron chi connectivity index (χ4n) is 4.52. The molecule has 4 heteroatoms. The van der Waals surface area contributed by atoms with Gasteiger partial charge in [-0.2, -0.15) is 0 Å². The zero-order chi connectivity index (χ0) is 14.4. The maximum Gasteiger partial charge on any atom is 0.307 e. The third-order valence-corrected chi connectivity index (χ3v) is 5.48. The third-order valence-electron chi connectivity index (χ3n) is 5.48. The van der Waals surface area contributed by atoms with Crippen LogP contribution in [-0.2, 0) is 9.59 Å². The van der Waals surface area contributed by atoms with Gasteiger partial charge in [0.15, 0.2) is 0 Å². The molecule has 2 bridgehead atoms. The Morgan fingerprint density at radius 3 is 2.15 bits per heavy atom. The number of carboxylic acids is 1. The molecule has 110 valence electrons. The minimum Gasteiger partial charge on any atom is -0.481 e. The molecule has 1 saturated carbocycles. The lowest BCUT2D eigenvalue weighted by atomic mass is 9.81. The van der Waals surface area contributed by atoms with Crippen LogP contribution in [0.25, 0.3) is 0 Å². The average molecular weight is 277 g/mol. The van der Waals surface area contributed by atoms with Gasteiger partial charge in [0, 0.05) is 12.1 Å². The van der Waals surface area contributed by atoms with E-state index in [0.717, 1.165) is 25.7 Å². The average Bonchev–Trinajstić information content (AvgIpc) is 2.98. The van der Waals surface area contributed by atoms with Crippen molar-refractivity contribution < 1.29 is 14.7 Å². The van der Waals surface area contributed by atoms with E-state index in [1.165, 1.54) is 0 Å². The van der Waals surface area contributed by atoms with E-state index < -0.39 is 11.9 Å². The van der Waals surface area contributed by atoms with Crippen LogP contribution in [0.1, 0.15) is 39.5 Å². The van der Waals surface area contributed by atoms with E-state index in [0.29, 0.717) is 0 Å². The molecule has 6 atom stereocenters. The predicted molar refractivity (Wildman–Crippen MR) is 75.0 cm³/mol. The van der Waals surface area contributed by atoms with Crippen LogP contribution in [0.5, 0.6) is 0 Å². The highest BCUT2D eigenvalue weighted by molar-refractivity contribution is 5.87. The van der Waals surface area contributed by atoms with E-state index in [2.05, 4.69) is 19.9 Å². The quantitative estimate of drug-likeness (QED) is 0.788. The van der Waals surface area contributed by atoms with Gasteiger partial charge in [-0.25, -0.2) is 0 Å². The molecular weight excluding hydrogens is 254 g/mol. The number of nitrogens with zero attached hydrogens (tertiary/aromatic N) is 1. The minimum atomic E-state index is -0.808. The molecule has 1 amide bonds. The van der Waals surface area contributed by atoms with Gasteiger partial charge in [-0.05, 0) is 51.4 Å². The second-order valence-electron chi connectivity index (χ2n) is 6.71. The van der Waals surface area contributed by atoms with Crippen LogP contribution in [0.4, 0.5) is 0 Å². The van der Waals surface area contributed by atoms with Gasteiger partial charge in [-0.15, -0.1) is 0 Å². The van der Waals surface area contributed by atoms with Crippen LogP contribution < -0.4 is 0 Å². The van der Waals surface area contributed by atoms with Crippen LogP contribution >= 0.6 is 0 Å². The summed E-state index contributed by atoms with van der Waals surface area (Å²) in [7, 11) is 0. The summed E-state index contributed by atoms with van der Waals surface area (Å²) in [5.41, 5.74) is 0. The number of likely N-dealkylation sites (tertiary alicyclic amines) is 1. The van der Waals surface area contributed by atoms with Crippen LogP contribution in [0.2, 0.25) is 0 Å². The Morgan fingerprint density at radius 1 is 1.05 bits per heavy atom. The normalized spacial score (nSPS) is 43.0. The Balaban J connectivity index is 1.86. The molecule has 3 aliphatic rings. The van der Waals surface area contributed by atoms with Crippen molar-refractivity contribution in [2.75, 3.05) is 0 Å². The zero-order valence-corrected chi connectivity index (χ0v) is 12.2. The van der Waals surface area contributed by atoms with E-state index in [1.807, 2.05) is 11.0 Å². The Kier molecular flexibility index (Phi) is 3.35. The van der Waals surface area contributed by atoms with Crippen molar-refractivity contribution in [2.24, 2.45) is 23.7 Å². The number of fused-ring (bicyclic) bond motifs is 2. The van der Waals surface area contributed by atoms with Gasteiger partial charge in [0.1, 0.15) is 0 Å². The number of hydrogen-bond acceptors (Lipinski definition) is 2. The van der Waals surface area contributed by atoms with Crippen LogP contribution in [-0.4, -0.2) is 34.0 Å². The highest BCUT2D eigenvalue weighted by atomic mass is 16.4. The van der Waals surface area contributed by atoms with Gasteiger partial charge in [0.2, 0.25) is 5.91 Å². The first kappa shape index (κ1) is 13.7. The molecule has 2 fully saturated rings. The SMILES string of the molecule is C[C@@H]1CCC[C@H](C)N1C(=O)[C@H]1C2C=CC(C2)[C@H]1C(=O)O. The topological polar surface area (TPSA) is 57.6 Å². The molecule has 1 heterocycles. The van der Waals surface area contributed by atoms with Gasteiger partial charge >= 0.3 is 5.97 Å². The number of rotatable bonds is 2. The lowest BCUT2D eigenvalue weighted by Crippen LogP contribution is -2.52. The largest absolute Gasteiger partial charge is 0.481 e. The van der Waals surface area contributed by atoms with Crippen LogP contribution in [0, 0.1) is 23.7 Å². The number of carbonyl (C=O) groups excluding carboxylic acids is 1. The lowest BCUT2D eigenvalue weighted by molar-refractivity contribution is -0.154. The summed E-state index contributed by atoms with van der Waals surface area (Å²) in [6.45, 7) is 4.18. The summed E-state index contributed by atoms with van der Waals surface area (Å²) in [6, 6.07) is 0.479. The fraction of sp³-hybridized carbons (Fsp3) is 0.750. The number of carbonyl (C=O) groups is 2. The number of allylic oxidation sites excluding steroid dienone is 2. The van der Waals surface area contributed by atoms with Crippen molar-refractivity contribution in [2.45, 2.75) is 51.6 Å². The second-order valence-corrected chi connectivity index (χ2v) is 6.71. The number of hydrogen-bond donors (Lipinski definition) is 1. The maximum absolute atomic E-state index is 13.0. The molecule has 0 spiro atoms. The molecule has 3 rings (SSSR count). The third kappa shape index (κ3) is 1.97. The molecule has 0 radical (unpaired) electrons. The molecule has 0 aromatic carbocycles. The van der Waals surface area contributed by atoms with Crippen molar-refractivity contribution in [1.82, 2.24) is 4.90 Å². The Bertz CT molecular complexity index is 449. The Hall–Kier alpha value is -1.32. The van der Waals surface area contributed by atoms with Gasteiger partial charge in [0.05, 0.1) is 11.8 Å². The van der Waals surface area contributed by atoms with Crippen molar-refractivity contribution in [3.63, 3.8) is 0 Å². The molecular formula is C16H23NO3. The zero-order valence-electron chi connectivity index (χ0n) is 12.2. The summed E-state index contributed by atoms with van der Waals surface area (Å²) in [5, 5.41) is 9.48. The monoisotopic (exact) mass is 277 g/mol. The summed E-state index contributed by atoms with van der Waals surface area (Å²) < 4.78 is 0. The van der Waals surface area contributed by atoms with Crippen molar-refractivity contribution >= 4 is 11.9 Å². The number of carboxylic acid groups (broad SMARTS) is 1. The molecule has 1 aliphatic heterocycles. The first-order valence-electron chi connectivity index (χ1n) is 7.74. The van der Waals surface area contributed by atoms with E-state index in [1.54, 1.807) is 0 Å². The van der Waals surface area contributed by atoms with Gasteiger partial charge in [-0.3, -0.25) is 9.59 Å². The number of amides is 1. The molecule has 4 nitrogen and oxygen atoms in total. The first-order valence-corrected chi connectivity index (χ1v) is 7.74. The number of piperidine rings is 1. The van der Waals surface area contributed by atoms with E-state index in [-0.39, 0.29) is 35.7 Å². The molecule has 20 heavy (non-hydrogen) atoms. The highest BCUT2D eigenvalue weighted by Crippen LogP contribution is 2.49. The number of aliphatic carboxylic acids is 1. The Labute approximate surface area is 119 Å². The highest BCUT2D eigenvalue weighted by Gasteiger charge is 2.53. The van der Waals surface area contributed by atoms with Crippen LogP contribution in [0.15, 0.2) is 12.2 Å². The smallest absolute Gasteiger partial charge is 0.307 e. The van der Waals surface area contributed by atoms with E-state index in [9.17, 15) is 14.7 Å². The summed E-state index contributed by atoms with van der Waals surface area (Å²) in [6.07, 6.45) is 8.12. The second kappa shape index (κ2) is 4.90. The van der Waals surface area contributed by atoms with Crippen molar-refractivity contribution in [1.29, 1.82) is 0 Å².